The second-order valence-corrected chi connectivity index (χ2v) is 4.91. The standard InChI is InChI=1S/C15H20N4O/c1-4-19(10(2)3)15(20)13-9-11-7-5-6-8-12(11)14(17-13)18-16/h5-10H,4,16H2,1-3H3,(H,17,18). The van der Waals surface area contributed by atoms with Crippen LogP contribution in [0.25, 0.3) is 10.8 Å². The molecule has 0 bridgehead atoms. The van der Waals surface area contributed by atoms with Crippen LogP contribution in [0.15, 0.2) is 30.3 Å². The second kappa shape index (κ2) is 5.88. The van der Waals surface area contributed by atoms with E-state index in [2.05, 4.69) is 10.4 Å². The van der Waals surface area contributed by atoms with Gasteiger partial charge in [-0.25, -0.2) is 10.8 Å². The Morgan fingerprint density at radius 3 is 2.70 bits per heavy atom. The van der Waals surface area contributed by atoms with Crippen LogP contribution >= 0.6 is 0 Å². The number of hydrogen-bond acceptors (Lipinski definition) is 4. The van der Waals surface area contributed by atoms with Crippen molar-refractivity contribution < 1.29 is 4.79 Å². The Hall–Kier alpha value is -2.14. The molecular weight excluding hydrogens is 252 g/mol. The van der Waals surface area contributed by atoms with Gasteiger partial charge in [0, 0.05) is 18.0 Å². The number of nitrogens with two attached hydrogens (primary N) is 1. The van der Waals surface area contributed by atoms with Crippen molar-refractivity contribution in [1.82, 2.24) is 9.88 Å². The third-order valence-electron chi connectivity index (χ3n) is 3.32. The van der Waals surface area contributed by atoms with Crippen molar-refractivity contribution >= 4 is 22.5 Å². The van der Waals surface area contributed by atoms with Gasteiger partial charge in [0.05, 0.1) is 0 Å². The Labute approximate surface area is 118 Å². The normalized spacial score (nSPS) is 10.8. The SMILES string of the molecule is CCN(C(=O)c1cc2ccccc2c(NN)n1)C(C)C. The number of rotatable bonds is 4. The van der Waals surface area contributed by atoms with Crippen LogP contribution in [0.3, 0.4) is 0 Å². The zero-order valence-electron chi connectivity index (χ0n) is 12.1. The minimum atomic E-state index is -0.0789. The molecule has 0 radical (unpaired) electrons. The highest BCUT2D eigenvalue weighted by atomic mass is 16.2. The molecule has 20 heavy (non-hydrogen) atoms. The Kier molecular flexibility index (Phi) is 4.20. The number of nitrogen functional groups attached to an aromatic ring is 1. The average molecular weight is 272 g/mol. The van der Waals surface area contributed by atoms with E-state index in [1.165, 1.54) is 0 Å². The van der Waals surface area contributed by atoms with Crippen LogP contribution in [-0.4, -0.2) is 28.4 Å². The molecule has 3 N–H and O–H groups in total. The second-order valence-electron chi connectivity index (χ2n) is 4.91. The first-order valence-electron chi connectivity index (χ1n) is 6.75. The Balaban J connectivity index is 2.52. The first-order valence-corrected chi connectivity index (χ1v) is 6.75. The molecule has 5 nitrogen and oxygen atoms in total. The molecular formula is C15H20N4O. The van der Waals surface area contributed by atoms with Gasteiger partial charge in [-0.15, -0.1) is 0 Å². The molecule has 0 aliphatic carbocycles. The third-order valence-corrected chi connectivity index (χ3v) is 3.32. The summed E-state index contributed by atoms with van der Waals surface area (Å²) in [4.78, 5) is 18.6. The molecule has 0 saturated heterocycles. The molecule has 5 heteroatoms. The monoisotopic (exact) mass is 272 g/mol. The van der Waals surface area contributed by atoms with Crippen LogP contribution < -0.4 is 11.3 Å². The highest BCUT2D eigenvalue weighted by molar-refractivity contribution is 6.00. The van der Waals surface area contributed by atoms with Crippen molar-refractivity contribution in [3.8, 4) is 0 Å². The number of fused-ring (bicyclic) bond motifs is 1. The Bertz CT molecular complexity index is 624. The van der Waals surface area contributed by atoms with Crippen molar-refractivity contribution in [3.63, 3.8) is 0 Å². The van der Waals surface area contributed by atoms with E-state index in [-0.39, 0.29) is 11.9 Å². The molecule has 106 valence electrons. The number of nitrogens with zero attached hydrogens (tertiary/aromatic N) is 2. The summed E-state index contributed by atoms with van der Waals surface area (Å²) in [5.74, 6) is 5.96. The number of hydrogen-bond donors (Lipinski definition) is 2. The molecule has 1 aromatic heterocycles. The molecule has 0 atom stereocenters. The van der Waals surface area contributed by atoms with Crippen LogP contribution in [0.4, 0.5) is 5.82 Å². The summed E-state index contributed by atoms with van der Waals surface area (Å²) < 4.78 is 0. The highest BCUT2D eigenvalue weighted by Gasteiger charge is 2.19. The van der Waals surface area contributed by atoms with E-state index in [0.717, 1.165) is 10.8 Å². The van der Waals surface area contributed by atoms with Crippen LogP contribution in [0.5, 0.6) is 0 Å². The molecule has 0 spiro atoms. The number of carbonyl (C=O) groups excluding carboxylic acids is 1. The lowest BCUT2D eigenvalue weighted by Gasteiger charge is -2.25. The molecule has 2 aromatic rings. The summed E-state index contributed by atoms with van der Waals surface area (Å²) in [5, 5.41) is 1.85. The van der Waals surface area contributed by atoms with Crippen LogP contribution in [0, 0.1) is 0 Å². The van der Waals surface area contributed by atoms with Gasteiger partial charge in [-0.05, 0) is 32.2 Å². The van der Waals surface area contributed by atoms with Gasteiger partial charge in [-0.1, -0.05) is 24.3 Å². The number of pyridine rings is 1. The molecule has 1 heterocycles. The largest absolute Gasteiger partial charge is 0.335 e. The van der Waals surface area contributed by atoms with E-state index in [0.29, 0.717) is 18.1 Å². The number of aromatic nitrogens is 1. The van der Waals surface area contributed by atoms with Crippen LogP contribution in [-0.2, 0) is 0 Å². The van der Waals surface area contributed by atoms with Gasteiger partial charge >= 0.3 is 0 Å². The van der Waals surface area contributed by atoms with Crippen molar-refractivity contribution in [1.29, 1.82) is 0 Å². The minimum absolute atomic E-state index is 0.0789. The van der Waals surface area contributed by atoms with Crippen LogP contribution in [0.2, 0.25) is 0 Å². The van der Waals surface area contributed by atoms with E-state index in [1.54, 1.807) is 4.90 Å². The predicted molar refractivity (Wildman–Crippen MR) is 81.4 cm³/mol. The molecule has 0 fully saturated rings. The molecule has 0 saturated carbocycles. The quantitative estimate of drug-likeness (QED) is 0.662. The maximum absolute atomic E-state index is 12.5. The molecule has 2 rings (SSSR count). The lowest BCUT2D eigenvalue weighted by Crippen LogP contribution is -2.37. The van der Waals surface area contributed by atoms with Gasteiger partial charge in [0.2, 0.25) is 0 Å². The van der Waals surface area contributed by atoms with E-state index >= 15 is 0 Å². The molecule has 0 aliphatic heterocycles. The van der Waals surface area contributed by atoms with Gasteiger partial charge in [-0.2, -0.15) is 0 Å². The van der Waals surface area contributed by atoms with E-state index in [4.69, 9.17) is 5.84 Å². The van der Waals surface area contributed by atoms with E-state index in [9.17, 15) is 4.79 Å². The number of hydrazine groups is 1. The number of benzene rings is 1. The fourth-order valence-electron chi connectivity index (χ4n) is 2.31. The van der Waals surface area contributed by atoms with Gasteiger partial charge in [0.1, 0.15) is 11.5 Å². The van der Waals surface area contributed by atoms with Crippen molar-refractivity contribution in [3.05, 3.63) is 36.0 Å². The summed E-state index contributed by atoms with van der Waals surface area (Å²) in [6.07, 6.45) is 0. The van der Waals surface area contributed by atoms with Gasteiger partial charge < -0.3 is 10.3 Å². The predicted octanol–water partition coefficient (Wildman–Crippen LogP) is 2.39. The molecule has 0 unspecified atom stereocenters. The maximum Gasteiger partial charge on any atom is 0.272 e. The van der Waals surface area contributed by atoms with E-state index < -0.39 is 0 Å². The summed E-state index contributed by atoms with van der Waals surface area (Å²) in [5.41, 5.74) is 2.98. The van der Waals surface area contributed by atoms with Crippen molar-refractivity contribution in [2.45, 2.75) is 26.8 Å². The van der Waals surface area contributed by atoms with Gasteiger partial charge in [-0.3, -0.25) is 4.79 Å². The molecule has 0 aliphatic rings. The fraction of sp³-hybridized carbons (Fsp3) is 0.333. The smallest absolute Gasteiger partial charge is 0.272 e. The first-order chi connectivity index (χ1) is 9.58. The summed E-state index contributed by atoms with van der Waals surface area (Å²) in [7, 11) is 0. The number of amides is 1. The van der Waals surface area contributed by atoms with Gasteiger partial charge in [0.15, 0.2) is 0 Å². The number of anilines is 1. The van der Waals surface area contributed by atoms with E-state index in [1.807, 2.05) is 51.1 Å². The third kappa shape index (κ3) is 2.58. The average Bonchev–Trinajstić information content (AvgIpc) is 2.46. The first kappa shape index (κ1) is 14.3. The molecule has 1 aromatic carbocycles. The lowest BCUT2D eigenvalue weighted by molar-refractivity contribution is 0.0711. The minimum Gasteiger partial charge on any atom is -0.335 e. The summed E-state index contributed by atoms with van der Waals surface area (Å²) in [6, 6.07) is 9.65. The Morgan fingerprint density at radius 2 is 2.10 bits per heavy atom. The summed E-state index contributed by atoms with van der Waals surface area (Å²) >= 11 is 0. The molecule has 1 amide bonds. The van der Waals surface area contributed by atoms with Crippen molar-refractivity contribution in [2.24, 2.45) is 5.84 Å². The zero-order chi connectivity index (χ0) is 14.7. The topological polar surface area (TPSA) is 71.2 Å². The van der Waals surface area contributed by atoms with Crippen molar-refractivity contribution in [2.75, 3.05) is 12.0 Å². The maximum atomic E-state index is 12.5. The zero-order valence-corrected chi connectivity index (χ0v) is 12.1. The Morgan fingerprint density at radius 1 is 1.40 bits per heavy atom. The number of nitrogens with one attached hydrogen (secondary N) is 1. The fourth-order valence-corrected chi connectivity index (χ4v) is 2.31. The van der Waals surface area contributed by atoms with Gasteiger partial charge in [0.25, 0.3) is 5.91 Å². The summed E-state index contributed by atoms with van der Waals surface area (Å²) in [6.45, 7) is 6.59. The van der Waals surface area contributed by atoms with Crippen LogP contribution in [0.1, 0.15) is 31.3 Å². The lowest BCUT2D eigenvalue weighted by atomic mass is 10.1. The number of carbonyl (C=O) groups is 1. The highest BCUT2D eigenvalue weighted by Crippen LogP contribution is 2.22.